The van der Waals surface area contributed by atoms with Crippen molar-refractivity contribution < 1.29 is 4.74 Å². The smallest absolute Gasteiger partial charge is 0.0638 e. The number of ether oxygens (including phenoxy) is 1. The Hall–Kier alpha value is -0.630. The lowest BCUT2D eigenvalue weighted by molar-refractivity contribution is 0.136. The van der Waals surface area contributed by atoms with Crippen molar-refractivity contribution in [2.45, 2.75) is 45.7 Å². The third-order valence-electron chi connectivity index (χ3n) is 2.07. The second kappa shape index (κ2) is 10.9. The van der Waals surface area contributed by atoms with Crippen LogP contribution in [-0.2, 0) is 4.74 Å². The first-order valence-electron chi connectivity index (χ1n) is 6.12. The summed E-state index contributed by atoms with van der Waals surface area (Å²) in [4.78, 5) is 0. The van der Waals surface area contributed by atoms with E-state index in [1.807, 2.05) is 0 Å². The molecule has 0 aromatic carbocycles. The SMILES string of the molecule is CCCOCCNCC(CC#N)NC(C)C. The zero-order valence-electron chi connectivity index (χ0n) is 10.8. The van der Waals surface area contributed by atoms with Crippen LogP contribution in [0.4, 0.5) is 0 Å². The molecule has 0 rings (SSSR count). The molecule has 0 spiro atoms. The van der Waals surface area contributed by atoms with E-state index in [9.17, 15) is 0 Å². The minimum atomic E-state index is 0.233. The van der Waals surface area contributed by atoms with Crippen LogP contribution in [0.1, 0.15) is 33.6 Å². The van der Waals surface area contributed by atoms with Crippen LogP contribution in [-0.4, -0.2) is 38.4 Å². The van der Waals surface area contributed by atoms with Crippen molar-refractivity contribution in [1.82, 2.24) is 10.6 Å². The monoisotopic (exact) mass is 227 g/mol. The van der Waals surface area contributed by atoms with Gasteiger partial charge in [0.15, 0.2) is 0 Å². The van der Waals surface area contributed by atoms with Crippen molar-refractivity contribution in [3.8, 4) is 6.07 Å². The van der Waals surface area contributed by atoms with Crippen LogP contribution < -0.4 is 10.6 Å². The van der Waals surface area contributed by atoms with Crippen LogP contribution in [0.5, 0.6) is 0 Å². The molecule has 0 bridgehead atoms. The van der Waals surface area contributed by atoms with E-state index in [2.05, 4.69) is 37.5 Å². The Morgan fingerprint density at radius 1 is 1.31 bits per heavy atom. The summed E-state index contributed by atoms with van der Waals surface area (Å²) in [6.45, 7) is 9.53. The Morgan fingerprint density at radius 2 is 2.06 bits per heavy atom. The van der Waals surface area contributed by atoms with Crippen molar-refractivity contribution in [3.63, 3.8) is 0 Å². The molecule has 4 heteroatoms. The van der Waals surface area contributed by atoms with Gasteiger partial charge in [-0.25, -0.2) is 0 Å². The van der Waals surface area contributed by atoms with Crippen LogP contribution in [0.3, 0.4) is 0 Å². The molecule has 0 heterocycles. The predicted octanol–water partition coefficient (Wildman–Crippen LogP) is 1.28. The van der Waals surface area contributed by atoms with E-state index >= 15 is 0 Å². The van der Waals surface area contributed by atoms with Gasteiger partial charge >= 0.3 is 0 Å². The zero-order chi connectivity index (χ0) is 12.2. The summed E-state index contributed by atoms with van der Waals surface area (Å²) < 4.78 is 5.36. The third kappa shape index (κ3) is 9.91. The van der Waals surface area contributed by atoms with E-state index in [1.54, 1.807) is 0 Å². The van der Waals surface area contributed by atoms with E-state index in [4.69, 9.17) is 10.00 Å². The lowest BCUT2D eigenvalue weighted by Gasteiger charge is -2.19. The molecule has 0 aliphatic rings. The first-order valence-corrected chi connectivity index (χ1v) is 6.12. The normalized spacial score (nSPS) is 12.7. The Labute approximate surface area is 99.4 Å². The molecule has 0 fully saturated rings. The fourth-order valence-electron chi connectivity index (χ4n) is 1.44. The molecule has 94 valence electrons. The molecule has 1 unspecified atom stereocenters. The fourth-order valence-corrected chi connectivity index (χ4v) is 1.44. The Bertz CT molecular complexity index is 189. The summed E-state index contributed by atoms with van der Waals surface area (Å²) >= 11 is 0. The van der Waals surface area contributed by atoms with Crippen LogP contribution in [0.15, 0.2) is 0 Å². The molecule has 0 saturated heterocycles. The number of nitriles is 1. The maximum Gasteiger partial charge on any atom is 0.0638 e. The average molecular weight is 227 g/mol. The number of nitrogens with zero attached hydrogens (tertiary/aromatic N) is 1. The molecule has 0 amide bonds. The molecule has 16 heavy (non-hydrogen) atoms. The first kappa shape index (κ1) is 15.4. The van der Waals surface area contributed by atoms with Gasteiger partial charge in [0.2, 0.25) is 0 Å². The maximum atomic E-state index is 8.68. The van der Waals surface area contributed by atoms with E-state index in [-0.39, 0.29) is 6.04 Å². The summed E-state index contributed by atoms with van der Waals surface area (Å²) in [5.74, 6) is 0. The molecular formula is C12H25N3O. The van der Waals surface area contributed by atoms with Gasteiger partial charge in [-0.1, -0.05) is 20.8 Å². The van der Waals surface area contributed by atoms with E-state index in [0.717, 1.165) is 32.7 Å². The van der Waals surface area contributed by atoms with Crippen LogP contribution in [0, 0.1) is 11.3 Å². The van der Waals surface area contributed by atoms with E-state index < -0.39 is 0 Å². The lowest BCUT2D eigenvalue weighted by Crippen LogP contribution is -2.42. The molecule has 0 aromatic heterocycles. The highest BCUT2D eigenvalue weighted by Gasteiger charge is 2.08. The molecular weight excluding hydrogens is 202 g/mol. The topological polar surface area (TPSA) is 57.1 Å². The summed E-state index contributed by atoms with van der Waals surface area (Å²) in [5.41, 5.74) is 0. The molecule has 0 saturated carbocycles. The second-order valence-corrected chi connectivity index (χ2v) is 4.20. The second-order valence-electron chi connectivity index (χ2n) is 4.20. The molecule has 0 aliphatic carbocycles. The summed E-state index contributed by atoms with van der Waals surface area (Å²) in [6.07, 6.45) is 1.60. The van der Waals surface area contributed by atoms with Gasteiger partial charge in [0.25, 0.3) is 0 Å². The Balaban J connectivity index is 3.49. The summed E-state index contributed by atoms with van der Waals surface area (Å²) in [6, 6.07) is 2.85. The first-order chi connectivity index (χ1) is 7.70. The minimum Gasteiger partial charge on any atom is -0.380 e. The number of rotatable bonds is 10. The van der Waals surface area contributed by atoms with Gasteiger partial charge in [-0.05, 0) is 6.42 Å². The molecule has 1 atom stereocenters. The summed E-state index contributed by atoms with van der Waals surface area (Å²) in [7, 11) is 0. The molecule has 2 N–H and O–H groups in total. The molecule has 4 nitrogen and oxygen atoms in total. The number of nitrogens with one attached hydrogen (secondary N) is 2. The van der Waals surface area contributed by atoms with Gasteiger partial charge in [0, 0.05) is 31.8 Å². The van der Waals surface area contributed by atoms with Crippen LogP contribution in [0.25, 0.3) is 0 Å². The standard InChI is InChI=1S/C12H25N3O/c1-4-8-16-9-7-14-10-12(5-6-13)15-11(2)3/h11-12,14-15H,4-5,7-10H2,1-3H3. The highest BCUT2D eigenvalue weighted by molar-refractivity contribution is 4.83. The van der Waals surface area contributed by atoms with E-state index in [0.29, 0.717) is 12.5 Å². The molecule has 0 aromatic rings. The maximum absolute atomic E-state index is 8.68. The highest BCUT2D eigenvalue weighted by atomic mass is 16.5. The fraction of sp³-hybridized carbons (Fsp3) is 0.917. The van der Waals surface area contributed by atoms with Crippen molar-refractivity contribution >= 4 is 0 Å². The van der Waals surface area contributed by atoms with Crippen LogP contribution >= 0.6 is 0 Å². The van der Waals surface area contributed by atoms with Gasteiger partial charge in [0.05, 0.1) is 19.1 Å². The van der Waals surface area contributed by atoms with Gasteiger partial charge in [-0.15, -0.1) is 0 Å². The third-order valence-corrected chi connectivity index (χ3v) is 2.07. The number of hydrogen-bond acceptors (Lipinski definition) is 4. The van der Waals surface area contributed by atoms with Crippen molar-refractivity contribution in [1.29, 1.82) is 5.26 Å². The minimum absolute atomic E-state index is 0.233. The zero-order valence-corrected chi connectivity index (χ0v) is 10.8. The number of hydrogen-bond donors (Lipinski definition) is 2. The van der Waals surface area contributed by atoms with Gasteiger partial charge in [0.1, 0.15) is 0 Å². The molecule has 0 radical (unpaired) electrons. The predicted molar refractivity (Wildman–Crippen MR) is 66.3 cm³/mol. The van der Waals surface area contributed by atoms with Crippen LogP contribution in [0.2, 0.25) is 0 Å². The van der Waals surface area contributed by atoms with Crippen molar-refractivity contribution in [2.24, 2.45) is 0 Å². The van der Waals surface area contributed by atoms with Gasteiger partial charge in [-0.3, -0.25) is 0 Å². The average Bonchev–Trinajstić information content (AvgIpc) is 2.22. The van der Waals surface area contributed by atoms with E-state index in [1.165, 1.54) is 0 Å². The Kier molecular flexibility index (Phi) is 10.4. The van der Waals surface area contributed by atoms with Gasteiger partial charge in [-0.2, -0.15) is 5.26 Å². The molecule has 0 aliphatic heterocycles. The quantitative estimate of drug-likeness (QED) is 0.552. The lowest BCUT2D eigenvalue weighted by atomic mass is 10.2. The van der Waals surface area contributed by atoms with Crippen molar-refractivity contribution in [3.05, 3.63) is 0 Å². The Morgan fingerprint density at radius 3 is 2.62 bits per heavy atom. The van der Waals surface area contributed by atoms with Gasteiger partial charge < -0.3 is 15.4 Å². The highest BCUT2D eigenvalue weighted by Crippen LogP contribution is 1.91. The largest absolute Gasteiger partial charge is 0.380 e. The van der Waals surface area contributed by atoms with Crippen molar-refractivity contribution in [2.75, 3.05) is 26.3 Å². The summed E-state index contributed by atoms with van der Waals surface area (Å²) in [5, 5.41) is 15.3.